The number of aliphatic hydroxyl groups is 2. The second kappa shape index (κ2) is 9.51. The number of carbonyl (C=O) groups is 4. The predicted molar refractivity (Wildman–Crippen MR) is 102 cm³/mol. The van der Waals surface area contributed by atoms with E-state index in [2.05, 4.69) is 5.32 Å². The Kier molecular flexibility index (Phi) is 7.55. The molecule has 2 saturated heterocycles. The molecular formula is C18H31N5O6. The van der Waals surface area contributed by atoms with Crippen molar-refractivity contribution in [1.82, 2.24) is 15.1 Å². The van der Waals surface area contributed by atoms with Gasteiger partial charge in [-0.3, -0.25) is 19.2 Å². The van der Waals surface area contributed by atoms with Crippen LogP contribution in [0, 0.1) is 5.92 Å². The van der Waals surface area contributed by atoms with Crippen molar-refractivity contribution in [3.05, 3.63) is 0 Å². The molecule has 29 heavy (non-hydrogen) atoms. The molecule has 0 aromatic heterocycles. The van der Waals surface area contributed by atoms with Gasteiger partial charge in [-0.25, -0.2) is 0 Å². The summed E-state index contributed by atoms with van der Waals surface area (Å²) in [6.07, 6.45) is -0.605. The van der Waals surface area contributed by atoms with Gasteiger partial charge in [-0.1, -0.05) is 0 Å². The number of nitrogens with one attached hydrogen (secondary N) is 1. The molecule has 4 amide bonds. The Labute approximate surface area is 169 Å². The van der Waals surface area contributed by atoms with Crippen LogP contribution >= 0.6 is 0 Å². The highest BCUT2D eigenvalue weighted by Gasteiger charge is 2.42. The van der Waals surface area contributed by atoms with Gasteiger partial charge in [0, 0.05) is 19.6 Å². The van der Waals surface area contributed by atoms with Crippen molar-refractivity contribution in [2.24, 2.45) is 17.4 Å². The van der Waals surface area contributed by atoms with E-state index in [4.69, 9.17) is 11.5 Å². The first-order chi connectivity index (χ1) is 13.5. The fourth-order valence-electron chi connectivity index (χ4n) is 3.77. The molecule has 1 unspecified atom stereocenters. The van der Waals surface area contributed by atoms with Gasteiger partial charge in [-0.05, 0) is 33.1 Å². The lowest BCUT2D eigenvalue weighted by molar-refractivity contribution is -0.145. The summed E-state index contributed by atoms with van der Waals surface area (Å²) in [6, 6.07) is -2.95. The lowest BCUT2D eigenvalue weighted by atomic mass is 10.1. The number of carbonyl (C=O) groups excluding carboxylic acids is 4. The van der Waals surface area contributed by atoms with E-state index >= 15 is 0 Å². The number of primary amides is 1. The highest BCUT2D eigenvalue weighted by molar-refractivity contribution is 5.92. The zero-order valence-corrected chi connectivity index (χ0v) is 16.8. The molecule has 164 valence electrons. The molecule has 0 saturated carbocycles. The summed E-state index contributed by atoms with van der Waals surface area (Å²) >= 11 is 0. The van der Waals surface area contributed by atoms with Crippen LogP contribution in [0.2, 0.25) is 0 Å². The molecule has 11 nitrogen and oxygen atoms in total. The molecule has 11 heteroatoms. The third-order valence-electron chi connectivity index (χ3n) is 5.58. The minimum Gasteiger partial charge on any atom is -0.391 e. The van der Waals surface area contributed by atoms with Gasteiger partial charge < -0.3 is 36.8 Å². The summed E-state index contributed by atoms with van der Waals surface area (Å²) < 4.78 is 0. The maximum Gasteiger partial charge on any atom is 0.245 e. The summed E-state index contributed by atoms with van der Waals surface area (Å²) in [4.78, 5) is 52.1. The van der Waals surface area contributed by atoms with Gasteiger partial charge in [0.05, 0.1) is 18.1 Å². The Hall–Kier alpha value is -2.24. The van der Waals surface area contributed by atoms with Crippen LogP contribution in [0.1, 0.15) is 33.1 Å². The van der Waals surface area contributed by atoms with E-state index in [9.17, 15) is 29.4 Å². The SMILES string of the molecule is CC(O)[C@H](N)C(=O)N1CCC[C@@H]1C(=O)N1CC[C@@H](C(=O)N[C@H](C(N)=O)[C@@H](C)O)C1. The zero-order valence-electron chi connectivity index (χ0n) is 16.8. The number of aliphatic hydroxyl groups excluding tert-OH is 2. The highest BCUT2D eigenvalue weighted by Crippen LogP contribution is 2.24. The monoisotopic (exact) mass is 413 g/mol. The summed E-state index contributed by atoms with van der Waals surface area (Å²) in [6.45, 7) is 3.66. The molecule has 7 N–H and O–H groups in total. The summed E-state index contributed by atoms with van der Waals surface area (Å²) in [7, 11) is 0. The second-order valence-electron chi connectivity index (χ2n) is 7.86. The number of amides is 4. The van der Waals surface area contributed by atoms with E-state index in [0.29, 0.717) is 32.4 Å². The molecule has 0 spiro atoms. The zero-order chi connectivity index (χ0) is 21.9. The van der Waals surface area contributed by atoms with Gasteiger partial charge in [0.15, 0.2) is 0 Å². The Morgan fingerprint density at radius 3 is 2.28 bits per heavy atom. The number of hydrogen-bond acceptors (Lipinski definition) is 7. The molecule has 0 radical (unpaired) electrons. The molecule has 2 heterocycles. The lowest BCUT2D eigenvalue weighted by Gasteiger charge is -2.30. The van der Waals surface area contributed by atoms with Gasteiger partial charge in [0.2, 0.25) is 23.6 Å². The lowest BCUT2D eigenvalue weighted by Crippen LogP contribution is -2.55. The van der Waals surface area contributed by atoms with Gasteiger partial charge >= 0.3 is 0 Å². The van der Waals surface area contributed by atoms with Crippen LogP contribution in [0.15, 0.2) is 0 Å². The Morgan fingerprint density at radius 1 is 1.07 bits per heavy atom. The summed E-state index contributed by atoms with van der Waals surface area (Å²) in [5, 5.41) is 21.6. The maximum absolute atomic E-state index is 12.9. The van der Waals surface area contributed by atoms with Crippen LogP contribution in [0.3, 0.4) is 0 Å². The van der Waals surface area contributed by atoms with E-state index < -0.39 is 54.0 Å². The van der Waals surface area contributed by atoms with Crippen molar-refractivity contribution in [3.63, 3.8) is 0 Å². The molecule has 2 fully saturated rings. The maximum atomic E-state index is 12.9. The molecule has 6 atom stereocenters. The van der Waals surface area contributed by atoms with Crippen LogP contribution in [0.5, 0.6) is 0 Å². The van der Waals surface area contributed by atoms with Crippen LogP contribution < -0.4 is 16.8 Å². The minimum absolute atomic E-state index is 0.150. The Bertz CT molecular complexity index is 655. The average molecular weight is 413 g/mol. The van der Waals surface area contributed by atoms with E-state index in [0.717, 1.165) is 0 Å². The fourth-order valence-corrected chi connectivity index (χ4v) is 3.77. The van der Waals surface area contributed by atoms with Crippen molar-refractivity contribution in [3.8, 4) is 0 Å². The summed E-state index contributed by atoms with van der Waals surface area (Å²) in [5.41, 5.74) is 10.9. The van der Waals surface area contributed by atoms with Gasteiger partial charge in [0.25, 0.3) is 0 Å². The van der Waals surface area contributed by atoms with Crippen LogP contribution in [-0.4, -0.2) is 93.6 Å². The summed E-state index contributed by atoms with van der Waals surface area (Å²) in [5.74, 6) is -2.56. The number of nitrogens with two attached hydrogens (primary N) is 2. The first kappa shape index (κ1) is 23.0. The van der Waals surface area contributed by atoms with Crippen LogP contribution in [0.25, 0.3) is 0 Å². The Balaban J connectivity index is 1.98. The number of rotatable bonds is 7. The third kappa shape index (κ3) is 5.22. The predicted octanol–water partition coefficient (Wildman–Crippen LogP) is -3.12. The standard InChI is InChI=1S/C18H31N5O6/c1-9(24)13(19)18(29)23-6-3-4-12(23)17(28)22-7-5-11(8-22)16(27)21-14(10(2)25)15(20)26/h9-14,24-25H,3-8,19H2,1-2H3,(H2,20,26)(H,21,27)/t9?,10-,11-,12-,13+,14+/m1/s1. The van der Waals surface area contributed by atoms with E-state index in [-0.39, 0.29) is 12.5 Å². The molecule has 2 rings (SSSR count). The van der Waals surface area contributed by atoms with Crippen molar-refractivity contribution in [2.45, 2.75) is 63.4 Å². The van der Waals surface area contributed by atoms with E-state index in [1.54, 1.807) is 0 Å². The first-order valence-electron chi connectivity index (χ1n) is 9.85. The van der Waals surface area contributed by atoms with E-state index in [1.807, 2.05) is 0 Å². The van der Waals surface area contributed by atoms with Crippen molar-refractivity contribution in [1.29, 1.82) is 0 Å². The quantitative estimate of drug-likeness (QED) is 0.293. The largest absolute Gasteiger partial charge is 0.391 e. The molecule has 0 aromatic carbocycles. The highest BCUT2D eigenvalue weighted by atomic mass is 16.3. The Morgan fingerprint density at radius 2 is 1.72 bits per heavy atom. The number of nitrogens with zero attached hydrogens (tertiary/aromatic N) is 2. The molecular weight excluding hydrogens is 382 g/mol. The van der Waals surface area contributed by atoms with Gasteiger partial charge in [-0.15, -0.1) is 0 Å². The first-order valence-corrected chi connectivity index (χ1v) is 9.85. The average Bonchev–Trinajstić information content (AvgIpc) is 3.32. The van der Waals surface area contributed by atoms with Crippen molar-refractivity contribution >= 4 is 23.6 Å². The third-order valence-corrected chi connectivity index (χ3v) is 5.58. The molecule has 2 aliphatic heterocycles. The van der Waals surface area contributed by atoms with Crippen molar-refractivity contribution in [2.75, 3.05) is 19.6 Å². The fraction of sp³-hybridized carbons (Fsp3) is 0.778. The second-order valence-corrected chi connectivity index (χ2v) is 7.86. The molecule has 0 aromatic rings. The van der Waals surface area contributed by atoms with Gasteiger partial charge in [0.1, 0.15) is 18.1 Å². The molecule has 0 bridgehead atoms. The number of hydrogen-bond donors (Lipinski definition) is 5. The topological polar surface area (TPSA) is 179 Å². The van der Waals surface area contributed by atoms with Crippen LogP contribution in [0.4, 0.5) is 0 Å². The minimum atomic E-state index is -1.20. The van der Waals surface area contributed by atoms with E-state index in [1.165, 1.54) is 23.6 Å². The molecule has 2 aliphatic rings. The smallest absolute Gasteiger partial charge is 0.245 e. The van der Waals surface area contributed by atoms with Crippen LogP contribution in [-0.2, 0) is 19.2 Å². The van der Waals surface area contributed by atoms with Gasteiger partial charge in [-0.2, -0.15) is 0 Å². The van der Waals surface area contributed by atoms with Crippen molar-refractivity contribution < 1.29 is 29.4 Å². The number of likely N-dealkylation sites (tertiary alicyclic amines) is 2. The molecule has 0 aliphatic carbocycles. The normalized spacial score (nSPS) is 26.0.